The number of aromatic nitrogens is 3. The normalized spacial score (nSPS) is 18.4. The number of nitrogens with zero attached hydrogens (tertiary/aromatic N) is 4. The summed E-state index contributed by atoms with van der Waals surface area (Å²) in [5, 5.41) is 7.69. The Bertz CT molecular complexity index is 1260. The van der Waals surface area contributed by atoms with Gasteiger partial charge in [0.15, 0.2) is 5.82 Å². The molecule has 0 bridgehead atoms. The summed E-state index contributed by atoms with van der Waals surface area (Å²) in [4.78, 5) is 17.7. The number of hydrogen-bond donors (Lipinski definition) is 1. The number of nitrogens with one attached hydrogen (secondary N) is 1. The molecule has 0 saturated carbocycles. The first-order valence-corrected chi connectivity index (χ1v) is 12.3. The van der Waals surface area contributed by atoms with Crippen LogP contribution in [0.2, 0.25) is 0 Å². The number of carbonyl (C=O) groups excluding carboxylic acids is 1. The largest absolute Gasteiger partial charge is 0.497 e. The number of rotatable bonds is 4. The molecule has 2 aliphatic heterocycles. The molecule has 10 heteroatoms. The fourth-order valence-corrected chi connectivity index (χ4v) is 5.97. The zero-order valence-corrected chi connectivity index (χ0v) is 19.1. The van der Waals surface area contributed by atoms with Crippen molar-refractivity contribution < 1.29 is 17.9 Å². The van der Waals surface area contributed by atoms with Crippen molar-refractivity contribution in [2.24, 2.45) is 0 Å². The highest BCUT2D eigenvalue weighted by atomic mass is 32.2. The SMILES string of the molecule is COc1ccc(-c2nc3n(n2)CC(=O)NC2(CCN(S(=O)(=O)c4ccccc4)CC2)C3)cc1. The van der Waals surface area contributed by atoms with Crippen molar-refractivity contribution in [2.45, 2.75) is 36.2 Å². The lowest BCUT2D eigenvalue weighted by Crippen LogP contribution is -2.56. The van der Waals surface area contributed by atoms with Gasteiger partial charge in [0.25, 0.3) is 0 Å². The van der Waals surface area contributed by atoms with Gasteiger partial charge in [-0.25, -0.2) is 18.1 Å². The van der Waals surface area contributed by atoms with Crippen LogP contribution in [0.25, 0.3) is 11.4 Å². The quantitative estimate of drug-likeness (QED) is 0.628. The Labute approximate surface area is 192 Å². The highest BCUT2D eigenvalue weighted by Gasteiger charge is 2.42. The standard InChI is InChI=1S/C23H25N5O4S/c1-32-18-9-7-17(8-10-18)22-24-20-15-23(25-21(29)16-28(20)26-22)11-13-27(14-12-23)33(30,31)19-5-3-2-4-6-19/h2-10H,11-16H2,1H3,(H,25,29). The van der Waals surface area contributed by atoms with E-state index in [1.807, 2.05) is 24.3 Å². The van der Waals surface area contributed by atoms with Crippen LogP contribution in [-0.2, 0) is 27.8 Å². The van der Waals surface area contributed by atoms with Crippen LogP contribution in [0.3, 0.4) is 0 Å². The highest BCUT2D eigenvalue weighted by molar-refractivity contribution is 7.89. The molecule has 172 valence electrons. The minimum absolute atomic E-state index is 0.0895. The van der Waals surface area contributed by atoms with Gasteiger partial charge in [-0.3, -0.25) is 4.79 Å². The molecule has 2 aliphatic rings. The maximum absolute atomic E-state index is 13.0. The Hall–Kier alpha value is -3.24. The monoisotopic (exact) mass is 467 g/mol. The molecule has 1 N–H and O–H groups in total. The summed E-state index contributed by atoms with van der Waals surface area (Å²) in [6, 6.07) is 15.9. The van der Waals surface area contributed by atoms with E-state index >= 15 is 0 Å². The molecule has 1 spiro atoms. The second-order valence-electron chi connectivity index (χ2n) is 8.46. The fraction of sp³-hybridized carbons (Fsp3) is 0.348. The van der Waals surface area contributed by atoms with E-state index in [9.17, 15) is 13.2 Å². The second kappa shape index (κ2) is 8.27. The summed E-state index contributed by atoms with van der Waals surface area (Å²) in [5.74, 6) is 1.88. The van der Waals surface area contributed by atoms with Crippen LogP contribution in [0.4, 0.5) is 0 Å². The van der Waals surface area contributed by atoms with Gasteiger partial charge in [-0.2, -0.15) is 9.40 Å². The van der Waals surface area contributed by atoms with Crippen molar-refractivity contribution in [3.63, 3.8) is 0 Å². The summed E-state index contributed by atoms with van der Waals surface area (Å²) in [5.41, 5.74) is 0.299. The molecule has 1 saturated heterocycles. The molecule has 33 heavy (non-hydrogen) atoms. The zero-order chi connectivity index (χ0) is 23.1. The first-order valence-electron chi connectivity index (χ1n) is 10.8. The lowest BCUT2D eigenvalue weighted by atomic mass is 9.85. The predicted molar refractivity (Wildman–Crippen MR) is 121 cm³/mol. The van der Waals surface area contributed by atoms with E-state index in [1.165, 1.54) is 4.31 Å². The van der Waals surface area contributed by atoms with Crippen molar-refractivity contribution in [1.29, 1.82) is 0 Å². The van der Waals surface area contributed by atoms with Crippen LogP contribution in [0.15, 0.2) is 59.5 Å². The molecule has 3 heterocycles. The number of amides is 1. The van der Waals surface area contributed by atoms with Crippen LogP contribution in [0.1, 0.15) is 18.7 Å². The van der Waals surface area contributed by atoms with Crippen molar-refractivity contribution in [1.82, 2.24) is 24.4 Å². The summed E-state index contributed by atoms with van der Waals surface area (Å²) >= 11 is 0. The van der Waals surface area contributed by atoms with Crippen LogP contribution in [0.5, 0.6) is 5.75 Å². The van der Waals surface area contributed by atoms with Gasteiger partial charge in [-0.1, -0.05) is 18.2 Å². The van der Waals surface area contributed by atoms with E-state index in [2.05, 4.69) is 10.4 Å². The molecular weight excluding hydrogens is 442 g/mol. The minimum atomic E-state index is -3.56. The molecule has 1 fully saturated rings. The first kappa shape index (κ1) is 21.6. The first-order chi connectivity index (χ1) is 15.9. The summed E-state index contributed by atoms with van der Waals surface area (Å²) in [7, 11) is -1.95. The van der Waals surface area contributed by atoms with Crippen LogP contribution < -0.4 is 10.1 Å². The predicted octanol–water partition coefficient (Wildman–Crippen LogP) is 1.85. The van der Waals surface area contributed by atoms with Gasteiger partial charge in [0, 0.05) is 30.6 Å². The molecule has 1 amide bonds. The van der Waals surface area contributed by atoms with E-state index in [4.69, 9.17) is 9.72 Å². The third kappa shape index (κ3) is 4.11. The summed E-state index contributed by atoms with van der Waals surface area (Å²) < 4.78 is 34.4. The van der Waals surface area contributed by atoms with Gasteiger partial charge >= 0.3 is 0 Å². The molecule has 0 aliphatic carbocycles. The molecule has 0 atom stereocenters. The highest BCUT2D eigenvalue weighted by Crippen LogP contribution is 2.31. The maximum Gasteiger partial charge on any atom is 0.243 e. The third-order valence-corrected chi connectivity index (χ3v) is 8.26. The number of carbonyl (C=O) groups is 1. The number of hydrogen-bond acceptors (Lipinski definition) is 6. The van der Waals surface area contributed by atoms with Crippen LogP contribution in [0, 0.1) is 0 Å². The van der Waals surface area contributed by atoms with Crippen molar-refractivity contribution in [3.05, 3.63) is 60.4 Å². The molecule has 0 unspecified atom stereocenters. The van der Waals surface area contributed by atoms with E-state index in [0.717, 1.165) is 17.1 Å². The number of methoxy groups -OCH3 is 1. The number of fused-ring (bicyclic) bond motifs is 1. The number of sulfonamides is 1. The molecule has 3 aromatic rings. The molecule has 1 aromatic heterocycles. The third-order valence-electron chi connectivity index (χ3n) is 6.35. The Morgan fingerprint density at radius 1 is 1.03 bits per heavy atom. The molecule has 0 radical (unpaired) electrons. The Kier molecular flexibility index (Phi) is 5.41. The second-order valence-corrected chi connectivity index (χ2v) is 10.4. The van der Waals surface area contributed by atoms with Gasteiger partial charge < -0.3 is 10.1 Å². The smallest absolute Gasteiger partial charge is 0.243 e. The Balaban J connectivity index is 1.37. The van der Waals surface area contributed by atoms with E-state index in [-0.39, 0.29) is 17.3 Å². The van der Waals surface area contributed by atoms with Crippen molar-refractivity contribution in [3.8, 4) is 17.1 Å². The van der Waals surface area contributed by atoms with Gasteiger partial charge in [-0.05, 0) is 49.2 Å². The molecule has 2 aromatic carbocycles. The van der Waals surface area contributed by atoms with Crippen molar-refractivity contribution in [2.75, 3.05) is 20.2 Å². The fourth-order valence-electron chi connectivity index (χ4n) is 4.51. The van der Waals surface area contributed by atoms with E-state index in [0.29, 0.717) is 38.2 Å². The van der Waals surface area contributed by atoms with Gasteiger partial charge in [0.1, 0.15) is 18.1 Å². The Morgan fingerprint density at radius 2 is 1.73 bits per heavy atom. The average molecular weight is 468 g/mol. The topological polar surface area (TPSA) is 106 Å². The summed E-state index contributed by atoms with van der Waals surface area (Å²) in [6.45, 7) is 0.750. The average Bonchev–Trinajstić information content (AvgIpc) is 3.15. The zero-order valence-electron chi connectivity index (χ0n) is 18.3. The molecule has 9 nitrogen and oxygen atoms in total. The van der Waals surface area contributed by atoms with Gasteiger partial charge in [0.2, 0.25) is 15.9 Å². The lowest BCUT2D eigenvalue weighted by molar-refractivity contribution is -0.123. The van der Waals surface area contributed by atoms with Gasteiger partial charge in [0.05, 0.1) is 12.0 Å². The number of piperidine rings is 1. The lowest BCUT2D eigenvalue weighted by Gasteiger charge is -2.40. The van der Waals surface area contributed by atoms with Crippen LogP contribution >= 0.6 is 0 Å². The van der Waals surface area contributed by atoms with E-state index in [1.54, 1.807) is 42.1 Å². The van der Waals surface area contributed by atoms with Gasteiger partial charge in [-0.15, -0.1) is 0 Å². The summed E-state index contributed by atoms with van der Waals surface area (Å²) in [6.07, 6.45) is 1.52. The van der Waals surface area contributed by atoms with Crippen molar-refractivity contribution >= 4 is 15.9 Å². The molecule has 5 rings (SSSR count). The Morgan fingerprint density at radius 3 is 2.39 bits per heavy atom. The minimum Gasteiger partial charge on any atom is -0.497 e. The molecular formula is C23H25N5O4S. The van der Waals surface area contributed by atoms with E-state index < -0.39 is 15.6 Å². The van der Waals surface area contributed by atoms with Crippen LogP contribution in [-0.4, -0.2) is 59.1 Å². The maximum atomic E-state index is 13.0. The number of ether oxygens (including phenoxy) is 1. The number of benzene rings is 2.